The molecule has 2 N–H and O–H groups in total. The third kappa shape index (κ3) is 3.04. The van der Waals surface area contributed by atoms with Crippen molar-refractivity contribution in [1.29, 1.82) is 5.26 Å². The van der Waals surface area contributed by atoms with Gasteiger partial charge in [0.15, 0.2) is 0 Å². The van der Waals surface area contributed by atoms with Crippen molar-refractivity contribution < 1.29 is 8.42 Å². The third-order valence-corrected chi connectivity index (χ3v) is 7.59. The normalized spacial score (nSPS) is 28.2. The first-order valence-corrected chi connectivity index (χ1v) is 10.4. The molecule has 2 heterocycles. The van der Waals surface area contributed by atoms with Crippen molar-refractivity contribution in [1.82, 2.24) is 19.7 Å². The summed E-state index contributed by atoms with van der Waals surface area (Å²) in [5, 5.41) is 9.32. The average molecular weight is 374 g/mol. The molecule has 0 aliphatic heterocycles. The van der Waals surface area contributed by atoms with Gasteiger partial charge in [-0.3, -0.25) is 0 Å². The average Bonchev–Trinajstić information content (AvgIpc) is 3.01. The van der Waals surface area contributed by atoms with Crippen LogP contribution in [0.25, 0.3) is 11.0 Å². The molecule has 9 heteroatoms. The molecule has 4 rings (SSSR count). The molecule has 2 aromatic rings. The fraction of sp³-hybridized carbons (Fsp3) is 0.588. The standard InChI is InChI=1S/C17H22N6O2S/c1-23(17-15-3-5-19-16(15)20-10-21-17)13-8-12(9-13)22-26(24,25)14-6-11(7-14)2-4-18/h3,5,10-14,22H,2,6-9H2,1H3,(H,19,20,21). The number of rotatable bonds is 6. The second kappa shape index (κ2) is 6.52. The van der Waals surface area contributed by atoms with E-state index in [0.717, 1.165) is 29.7 Å². The second-order valence-corrected chi connectivity index (χ2v) is 9.35. The summed E-state index contributed by atoms with van der Waals surface area (Å²) in [6, 6.07) is 4.30. The highest BCUT2D eigenvalue weighted by Crippen LogP contribution is 2.36. The number of aromatic amines is 1. The first-order valence-electron chi connectivity index (χ1n) is 8.87. The molecule has 138 valence electrons. The summed E-state index contributed by atoms with van der Waals surface area (Å²) in [6.45, 7) is 0. The number of fused-ring (bicyclic) bond motifs is 1. The Morgan fingerprint density at radius 2 is 2.12 bits per heavy atom. The lowest BCUT2D eigenvalue weighted by molar-refractivity contribution is 0.296. The first-order chi connectivity index (χ1) is 12.5. The first kappa shape index (κ1) is 17.2. The summed E-state index contributed by atoms with van der Waals surface area (Å²) >= 11 is 0. The number of nitriles is 1. The highest BCUT2D eigenvalue weighted by Gasteiger charge is 2.42. The van der Waals surface area contributed by atoms with Gasteiger partial charge in [-0.05, 0) is 37.7 Å². The Morgan fingerprint density at radius 3 is 2.85 bits per heavy atom. The van der Waals surface area contributed by atoms with E-state index in [2.05, 4.69) is 30.6 Å². The predicted molar refractivity (Wildman–Crippen MR) is 97.9 cm³/mol. The zero-order chi connectivity index (χ0) is 18.3. The van der Waals surface area contributed by atoms with E-state index in [-0.39, 0.29) is 23.3 Å². The van der Waals surface area contributed by atoms with Crippen LogP contribution in [0.4, 0.5) is 5.82 Å². The van der Waals surface area contributed by atoms with Crippen molar-refractivity contribution in [3.05, 3.63) is 18.6 Å². The molecular formula is C17H22N6O2S. The van der Waals surface area contributed by atoms with E-state index in [4.69, 9.17) is 5.26 Å². The van der Waals surface area contributed by atoms with Crippen LogP contribution in [-0.4, -0.2) is 47.8 Å². The molecule has 2 fully saturated rings. The molecule has 0 amide bonds. The largest absolute Gasteiger partial charge is 0.356 e. The van der Waals surface area contributed by atoms with Gasteiger partial charge < -0.3 is 9.88 Å². The number of aromatic nitrogens is 3. The van der Waals surface area contributed by atoms with E-state index in [0.29, 0.717) is 19.3 Å². The number of anilines is 1. The maximum Gasteiger partial charge on any atom is 0.214 e. The van der Waals surface area contributed by atoms with Gasteiger partial charge in [0.25, 0.3) is 0 Å². The number of nitrogens with zero attached hydrogens (tertiary/aromatic N) is 4. The van der Waals surface area contributed by atoms with Crippen LogP contribution in [0, 0.1) is 17.2 Å². The quantitative estimate of drug-likeness (QED) is 0.792. The summed E-state index contributed by atoms with van der Waals surface area (Å²) in [4.78, 5) is 13.8. The van der Waals surface area contributed by atoms with Crippen molar-refractivity contribution in [2.24, 2.45) is 5.92 Å². The van der Waals surface area contributed by atoms with Gasteiger partial charge in [0, 0.05) is 31.7 Å². The molecule has 0 aromatic carbocycles. The molecule has 2 aromatic heterocycles. The minimum atomic E-state index is -3.28. The molecule has 0 spiro atoms. The molecular weight excluding hydrogens is 352 g/mol. The van der Waals surface area contributed by atoms with Crippen LogP contribution < -0.4 is 9.62 Å². The van der Waals surface area contributed by atoms with E-state index in [1.807, 2.05) is 19.3 Å². The maximum atomic E-state index is 12.4. The summed E-state index contributed by atoms with van der Waals surface area (Å²) in [7, 11) is -1.29. The predicted octanol–water partition coefficient (Wildman–Crippen LogP) is 1.54. The van der Waals surface area contributed by atoms with Crippen LogP contribution in [0.3, 0.4) is 0 Å². The molecule has 8 nitrogen and oxygen atoms in total. The molecule has 0 bridgehead atoms. The maximum absolute atomic E-state index is 12.4. The molecule has 0 unspecified atom stereocenters. The monoisotopic (exact) mass is 374 g/mol. The van der Waals surface area contributed by atoms with Crippen LogP contribution >= 0.6 is 0 Å². The van der Waals surface area contributed by atoms with Crippen LogP contribution in [0.2, 0.25) is 0 Å². The van der Waals surface area contributed by atoms with Crippen molar-refractivity contribution in [3.63, 3.8) is 0 Å². The fourth-order valence-electron chi connectivity index (χ4n) is 3.87. The highest BCUT2D eigenvalue weighted by molar-refractivity contribution is 7.90. The van der Waals surface area contributed by atoms with Crippen molar-refractivity contribution in [2.75, 3.05) is 11.9 Å². The number of H-pyrrole nitrogens is 1. The van der Waals surface area contributed by atoms with Gasteiger partial charge in [0.2, 0.25) is 10.0 Å². The smallest absolute Gasteiger partial charge is 0.214 e. The fourth-order valence-corrected chi connectivity index (χ4v) is 5.77. The SMILES string of the molecule is CN(c1ncnc2[nH]ccc12)C1CC(NS(=O)(=O)C2CC(CC#N)C2)C1. The van der Waals surface area contributed by atoms with Crippen LogP contribution in [0.5, 0.6) is 0 Å². The molecule has 2 aliphatic carbocycles. The number of nitrogens with one attached hydrogen (secondary N) is 2. The topological polar surface area (TPSA) is 115 Å². The molecule has 0 radical (unpaired) electrons. The van der Waals surface area contributed by atoms with E-state index in [9.17, 15) is 8.42 Å². The minimum absolute atomic E-state index is 0.0222. The second-order valence-electron chi connectivity index (χ2n) is 7.35. The van der Waals surface area contributed by atoms with E-state index in [1.54, 1.807) is 0 Å². The van der Waals surface area contributed by atoms with Gasteiger partial charge in [0.1, 0.15) is 17.8 Å². The van der Waals surface area contributed by atoms with E-state index < -0.39 is 10.0 Å². The lowest BCUT2D eigenvalue weighted by Gasteiger charge is -2.43. The van der Waals surface area contributed by atoms with Gasteiger partial charge in [0.05, 0.1) is 16.7 Å². The molecule has 2 aliphatic rings. The van der Waals surface area contributed by atoms with Crippen LogP contribution in [0.1, 0.15) is 32.1 Å². The van der Waals surface area contributed by atoms with E-state index in [1.165, 1.54) is 6.33 Å². The van der Waals surface area contributed by atoms with Crippen LogP contribution in [-0.2, 0) is 10.0 Å². The van der Waals surface area contributed by atoms with Gasteiger partial charge in [-0.15, -0.1) is 0 Å². The molecule has 26 heavy (non-hydrogen) atoms. The Balaban J connectivity index is 1.33. The number of hydrogen-bond donors (Lipinski definition) is 2. The highest BCUT2D eigenvalue weighted by atomic mass is 32.2. The van der Waals surface area contributed by atoms with Gasteiger partial charge >= 0.3 is 0 Å². The Hall–Kier alpha value is -2.18. The summed E-state index contributed by atoms with van der Waals surface area (Å²) in [5.74, 6) is 1.10. The zero-order valence-corrected chi connectivity index (χ0v) is 15.4. The zero-order valence-electron chi connectivity index (χ0n) is 14.6. The molecule has 0 atom stereocenters. The van der Waals surface area contributed by atoms with Gasteiger partial charge in [-0.25, -0.2) is 23.1 Å². The lowest BCUT2D eigenvalue weighted by atomic mass is 9.83. The van der Waals surface area contributed by atoms with Crippen LogP contribution in [0.15, 0.2) is 18.6 Å². The molecule has 2 saturated carbocycles. The Bertz CT molecular complexity index is 938. The Morgan fingerprint density at radius 1 is 1.35 bits per heavy atom. The lowest BCUT2D eigenvalue weighted by Crippen LogP contribution is -2.55. The summed E-state index contributed by atoms with van der Waals surface area (Å²) in [5.41, 5.74) is 0.801. The number of sulfonamides is 1. The van der Waals surface area contributed by atoms with Crippen molar-refractivity contribution >= 4 is 26.9 Å². The van der Waals surface area contributed by atoms with Crippen molar-refractivity contribution in [3.8, 4) is 6.07 Å². The summed E-state index contributed by atoms with van der Waals surface area (Å²) in [6.07, 6.45) is 6.57. The number of hydrogen-bond acceptors (Lipinski definition) is 6. The van der Waals surface area contributed by atoms with E-state index >= 15 is 0 Å². The van der Waals surface area contributed by atoms with Crippen molar-refractivity contribution in [2.45, 2.75) is 49.4 Å². The minimum Gasteiger partial charge on any atom is -0.356 e. The van der Waals surface area contributed by atoms with Gasteiger partial charge in [-0.2, -0.15) is 5.26 Å². The Labute approximate surface area is 152 Å². The third-order valence-electron chi connectivity index (χ3n) is 5.67. The Kier molecular flexibility index (Phi) is 4.32. The molecule has 0 saturated heterocycles. The summed E-state index contributed by atoms with van der Waals surface area (Å²) < 4.78 is 27.7. The van der Waals surface area contributed by atoms with Gasteiger partial charge in [-0.1, -0.05) is 0 Å².